The molecular weight excluding hydrogens is 502 g/mol. The Labute approximate surface area is 253 Å². The molecule has 192 valence electrons. The van der Waals surface area contributed by atoms with Gasteiger partial charge in [0.05, 0.1) is 16.4 Å². The van der Waals surface area contributed by atoms with E-state index in [2.05, 4.69) is 9.97 Å². The first-order valence-electron chi connectivity index (χ1n) is 18.6. The van der Waals surface area contributed by atoms with Crippen molar-refractivity contribution in [3.05, 3.63) is 139 Å². The molecule has 4 heteroatoms. The number of hydrogen-bond donors (Lipinski definition) is 0. The van der Waals surface area contributed by atoms with Crippen molar-refractivity contribution in [3.63, 3.8) is 0 Å². The zero-order valence-electron chi connectivity index (χ0n) is 33.1. The Bertz CT molecular complexity index is 2850. The SMILES string of the molecule is [2H]c1c([2H])c([2H])c(-c2nc(-c3ccc(-c4ccccc4)c4ccccc34)nc(-c3c([2H])c([2H])c([2H])c4oc5c([2H])c([2H])c([2H])c([2H])c5c34)n2)c([2H])c1[2H]. The fourth-order valence-electron chi connectivity index (χ4n) is 4.97. The van der Waals surface area contributed by atoms with Crippen molar-refractivity contribution in [2.24, 2.45) is 0 Å². The maximum absolute atomic E-state index is 9.07. The molecule has 0 aliphatic carbocycles. The zero-order valence-corrected chi connectivity index (χ0v) is 21.1. The first-order valence-corrected chi connectivity index (χ1v) is 12.6. The largest absolute Gasteiger partial charge is 0.456 e. The van der Waals surface area contributed by atoms with Crippen LogP contribution in [-0.4, -0.2) is 15.0 Å². The van der Waals surface area contributed by atoms with Gasteiger partial charge in [-0.2, -0.15) is 0 Å². The van der Waals surface area contributed by atoms with Crippen LogP contribution in [0.3, 0.4) is 0 Å². The van der Waals surface area contributed by atoms with Gasteiger partial charge in [0.15, 0.2) is 17.5 Å². The van der Waals surface area contributed by atoms with E-state index in [1.165, 1.54) is 0 Å². The second-order valence-corrected chi connectivity index (χ2v) is 9.14. The maximum Gasteiger partial charge on any atom is 0.164 e. The molecule has 41 heavy (non-hydrogen) atoms. The van der Waals surface area contributed by atoms with Gasteiger partial charge >= 0.3 is 0 Å². The summed E-state index contributed by atoms with van der Waals surface area (Å²) < 4.78 is 108. The van der Waals surface area contributed by atoms with Crippen LogP contribution in [0.1, 0.15) is 16.4 Å². The topological polar surface area (TPSA) is 51.8 Å². The van der Waals surface area contributed by atoms with E-state index < -0.39 is 72.5 Å². The minimum absolute atomic E-state index is 0.0173. The predicted octanol–water partition coefficient (Wildman–Crippen LogP) is 9.59. The average Bonchev–Trinajstić information content (AvgIpc) is 3.57. The molecule has 0 N–H and O–H groups in total. The molecule has 8 aromatic rings. The molecule has 0 saturated heterocycles. The molecule has 0 bridgehead atoms. The molecule has 4 nitrogen and oxygen atoms in total. The van der Waals surface area contributed by atoms with E-state index in [9.17, 15) is 0 Å². The quantitative estimate of drug-likeness (QED) is 0.224. The van der Waals surface area contributed by atoms with Gasteiger partial charge in [-0.3, -0.25) is 0 Å². The van der Waals surface area contributed by atoms with Gasteiger partial charge in [-0.25, -0.2) is 15.0 Å². The monoisotopic (exact) mass is 537 g/mol. The molecule has 0 amide bonds. The minimum atomic E-state index is -0.630. The van der Waals surface area contributed by atoms with Crippen LogP contribution in [0.5, 0.6) is 0 Å². The third-order valence-corrected chi connectivity index (χ3v) is 6.78. The van der Waals surface area contributed by atoms with Gasteiger partial charge in [0.1, 0.15) is 11.2 Å². The second kappa shape index (κ2) is 9.54. The lowest BCUT2D eigenvalue weighted by atomic mass is 9.94. The smallest absolute Gasteiger partial charge is 0.164 e. The summed E-state index contributed by atoms with van der Waals surface area (Å²) in [6.45, 7) is 0. The highest BCUT2D eigenvalue weighted by molar-refractivity contribution is 6.12. The zero-order chi connectivity index (χ0) is 37.6. The van der Waals surface area contributed by atoms with E-state index in [0.717, 1.165) is 16.5 Å². The highest BCUT2D eigenvalue weighted by Crippen LogP contribution is 2.38. The van der Waals surface area contributed by atoms with E-state index >= 15 is 0 Å². The van der Waals surface area contributed by atoms with E-state index in [4.69, 9.17) is 25.9 Å². The van der Waals surface area contributed by atoms with Crippen LogP contribution in [0.15, 0.2) is 144 Å². The van der Waals surface area contributed by atoms with E-state index in [1.807, 2.05) is 60.7 Å². The van der Waals surface area contributed by atoms with Gasteiger partial charge in [-0.1, -0.05) is 121 Å². The predicted molar refractivity (Wildman–Crippen MR) is 166 cm³/mol. The van der Waals surface area contributed by atoms with Crippen LogP contribution in [-0.2, 0) is 0 Å². The van der Waals surface area contributed by atoms with Crippen LogP contribution in [0.2, 0.25) is 0 Å². The molecule has 0 spiro atoms. The van der Waals surface area contributed by atoms with Crippen LogP contribution in [0.25, 0.3) is 78.0 Å². The average molecular weight is 538 g/mol. The Morgan fingerprint density at radius 3 is 1.90 bits per heavy atom. The summed E-state index contributed by atoms with van der Waals surface area (Å²) in [4.78, 5) is 14.0. The van der Waals surface area contributed by atoms with Crippen LogP contribution in [0, 0.1) is 0 Å². The molecule has 0 unspecified atom stereocenters. The number of nitrogens with zero attached hydrogens (tertiary/aromatic N) is 3. The lowest BCUT2D eigenvalue weighted by molar-refractivity contribution is 0.669. The summed E-state index contributed by atoms with van der Waals surface area (Å²) in [6, 6.07) is 13.9. The van der Waals surface area contributed by atoms with E-state index in [1.54, 1.807) is 6.07 Å². The molecular formula is C37H23N3O. The molecule has 0 fully saturated rings. The fourth-order valence-corrected chi connectivity index (χ4v) is 4.97. The summed E-state index contributed by atoms with van der Waals surface area (Å²) in [5.74, 6) is -0.676. The first kappa shape index (κ1) is 14.1. The van der Waals surface area contributed by atoms with Crippen LogP contribution < -0.4 is 0 Å². The number of benzene rings is 6. The number of rotatable bonds is 4. The minimum Gasteiger partial charge on any atom is -0.456 e. The van der Waals surface area contributed by atoms with Crippen molar-refractivity contribution in [2.45, 2.75) is 0 Å². The van der Waals surface area contributed by atoms with Gasteiger partial charge in [0, 0.05) is 27.5 Å². The number of aromatic nitrogens is 3. The summed E-state index contributed by atoms with van der Waals surface area (Å²) in [5, 5.41) is 1.24. The Balaban J connectivity index is 1.53. The van der Waals surface area contributed by atoms with Crippen molar-refractivity contribution in [3.8, 4) is 45.3 Å². The van der Waals surface area contributed by atoms with E-state index in [0.29, 0.717) is 10.9 Å². The lowest BCUT2D eigenvalue weighted by Crippen LogP contribution is -2.01. The lowest BCUT2D eigenvalue weighted by Gasteiger charge is -2.13. The number of hydrogen-bond acceptors (Lipinski definition) is 4. The van der Waals surface area contributed by atoms with Crippen molar-refractivity contribution >= 4 is 32.7 Å². The number of para-hydroxylation sites is 1. The van der Waals surface area contributed by atoms with E-state index in [-0.39, 0.29) is 50.5 Å². The molecule has 0 atom stereocenters. The highest BCUT2D eigenvalue weighted by Gasteiger charge is 2.19. The Morgan fingerprint density at radius 2 is 1.07 bits per heavy atom. The summed E-state index contributed by atoms with van der Waals surface area (Å²) in [6.07, 6.45) is 0. The molecule has 2 heterocycles. The molecule has 0 aliphatic rings. The van der Waals surface area contributed by atoms with Crippen molar-refractivity contribution in [1.29, 1.82) is 0 Å². The second-order valence-electron chi connectivity index (χ2n) is 9.14. The van der Waals surface area contributed by atoms with Gasteiger partial charge < -0.3 is 4.42 Å². The fraction of sp³-hybridized carbons (Fsp3) is 0. The molecule has 0 radical (unpaired) electrons. The number of fused-ring (bicyclic) bond motifs is 4. The summed E-state index contributed by atoms with van der Waals surface area (Å²) in [7, 11) is 0. The summed E-state index contributed by atoms with van der Waals surface area (Å²) in [5.41, 5.74) is 1.14. The molecule has 2 aromatic heterocycles. The molecule has 0 saturated carbocycles. The van der Waals surface area contributed by atoms with Gasteiger partial charge in [-0.15, -0.1) is 0 Å². The third kappa shape index (κ3) is 3.97. The van der Waals surface area contributed by atoms with Gasteiger partial charge in [-0.05, 0) is 40.1 Å². The molecule has 8 rings (SSSR count). The Kier molecular flexibility index (Phi) is 3.29. The maximum atomic E-state index is 9.07. The van der Waals surface area contributed by atoms with Gasteiger partial charge in [0.2, 0.25) is 0 Å². The Morgan fingerprint density at radius 1 is 0.439 bits per heavy atom. The Hall–Kier alpha value is -5.61. The van der Waals surface area contributed by atoms with Crippen molar-refractivity contribution in [1.82, 2.24) is 15.0 Å². The molecule has 6 aromatic carbocycles. The van der Waals surface area contributed by atoms with Crippen molar-refractivity contribution in [2.75, 3.05) is 0 Å². The van der Waals surface area contributed by atoms with Crippen molar-refractivity contribution < 1.29 is 20.9 Å². The first-order chi connectivity index (χ1) is 25.3. The summed E-state index contributed by atoms with van der Waals surface area (Å²) >= 11 is 0. The van der Waals surface area contributed by atoms with Gasteiger partial charge in [0.25, 0.3) is 0 Å². The highest BCUT2D eigenvalue weighted by atomic mass is 16.3. The normalized spacial score (nSPS) is 15.5. The molecule has 0 aliphatic heterocycles. The number of furan rings is 1. The third-order valence-electron chi connectivity index (χ3n) is 6.78. The van der Waals surface area contributed by atoms with Crippen LogP contribution >= 0.6 is 0 Å². The standard InChI is InChI=1S/C37H23N3O/c1-3-12-24(13-4-1)26-22-23-29(28-17-8-7-16-27(26)28)36-38-35(25-14-5-2-6-15-25)39-37(40-36)31-19-11-21-33-34(31)30-18-9-10-20-32(30)41-33/h1-23H/i2D,5D,6D,9D,10D,11D,14D,15D,18D,19D,20D,21D. The van der Waals surface area contributed by atoms with Crippen LogP contribution in [0.4, 0.5) is 0 Å².